The summed E-state index contributed by atoms with van der Waals surface area (Å²) in [6.45, 7) is 0.511. The molecule has 0 atom stereocenters. The highest BCUT2D eigenvalue weighted by atomic mass is 32.1. The van der Waals surface area contributed by atoms with Gasteiger partial charge in [-0.1, -0.05) is 0 Å². The number of carbonyl (C=O) groups is 3. The molecular weight excluding hydrogens is 272 g/mol. The Kier molecular flexibility index (Phi) is 5.24. The summed E-state index contributed by atoms with van der Waals surface area (Å²) in [6, 6.07) is -0.254. The summed E-state index contributed by atoms with van der Waals surface area (Å²) in [7, 11) is 3.22. The molecular formula is C10H14N4O4S. The quantitative estimate of drug-likeness (QED) is 0.651. The van der Waals surface area contributed by atoms with Gasteiger partial charge in [0.25, 0.3) is 5.91 Å². The third-order valence-electron chi connectivity index (χ3n) is 2.01. The molecule has 0 aliphatic carbocycles. The summed E-state index contributed by atoms with van der Waals surface area (Å²) < 4.78 is 0. The minimum atomic E-state index is -1.16. The summed E-state index contributed by atoms with van der Waals surface area (Å²) in [5.74, 6) is -1.63. The number of urea groups is 1. The number of carbonyl (C=O) groups excluding carboxylic acids is 2. The zero-order chi connectivity index (χ0) is 14.4. The smallest absolute Gasteiger partial charge is 0.365 e. The SMILES string of the molecule is CN(C)C(=O)NCCNC(=O)c1csc(C(=O)O)n1. The normalized spacial score (nSPS) is 9.79. The van der Waals surface area contributed by atoms with Gasteiger partial charge >= 0.3 is 12.0 Å². The van der Waals surface area contributed by atoms with E-state index in [1.54, 1.807) is 14.1 Å². The van der Waals surface area contributed by atoms with Crippen LogP contribution in [0.1, 0.15) is 20.3 Å². The molecule has 0 radical (unpaired) electrons. The van der Waals surface area contributed by atoms with Crippen LogP contribution in [0.4, 0.5) is 4.79 Å². The molecule has 0 saturated heterocycles. The standard InChI is InChI=1S/C10H14N4O4S/c1-14(2)10(18)12-4-3-11-7(15)6-5-19-8(13-6)9(16)17/h5H,3-4H2,1-2H3,(H,11,15)(H,12,18)(H,16,17). The van der Waals surface area contributed by atoms with E-state index in [4.69, 9.17) is 5.11 Å². The van der Waals surface area contributed by atoms with Crippen LogP contribution in [0.15, 0.2) is 5.38 Å². The Morgan fingerprint density at radius 1 is 1.32 bits per heavy atom. The van der Waals surface area contributed by atoms with Crippen LogP contribution in [0.3, 0.4) is 0 Å². The fourth-order valence-electron chi connectivity index (χ4n) is 1.07. The molecule has 3 N–H and O–H groups in total. The Labute approximate surface area is 113 Å². The van der Waals surface area contributed by atoms with E-state index < -0.39 is 11.9 Å². The molecule has 0 saturated carbocycles. The van der Waals surface area contributed by atoms with Gasteiger partial charge in [-0.05, 0) is 0 Å². The summed E-state index contributed by atoms with van der Waals surface area (Å²) in [4.78, 5) is 38.4. The van der Waals surface area contributed by atoms with Gasteiger partial charge in [-0.3, -0.25) is 4.79 Å². The van der Waals surface area contributed by atoms with Crippen LogP contribution in [0.5, 0.6) is 0 Å². The maximum absolute atomic E-state index is 11.6. The van der Waals surface area contributed by atoms with E-state index in [-0.39, 0.29) is 29.8 Å². The van der Waals surface area contributed by atoms with Crippen molar-refractivity contribution in [1.82, 2.24) is 20.5 Å². The van der Waals surface area contributed by atoms with Crippen molar-refractivity contribution in [2.75, 3.05) is 27.2 Å². The summed E-state index contributed by atoms with van der Waals surface area (Å²) in [5.41, 5.74) is 0.0568. The van der Waals surface area contributed by atoms with Crippen molar-refractivity contribution in [2.24, 2.45) is 0 Å². The van der Waals surface area contributed by atoms with E-state index >= 15 is 0 Å². The first-order valence-electron chi connectivity index (χ1n) is 5.34. The van der Waals surface area contributed by atoms with Crippen LogP contribution in [-0.4, -0.2) is 60.1 Å². The maximum atomic E-state index is 11.6. The zero-order valence-electron chi connectivity index (χ0n) is 10.5. The second-order valence-corrected chi connectivity index (χ2v) is 4.58. The molecule has 1 aromatic heterocycles. The van der Waals surface area contributed by atoms with Gasteiger partial charge in [0.05, 0.1) is 0 Å². The number of carboxylic acid groups (broad SMARTS) is 1. The molecule has 0 spiro atoms. The van der Waals surface area contributed by atoms with Crippen molar-refractivity contribution in [3.05, 3.63) is 16.1 Å². The molecule has 0 aliphatic heterocycles. The topological polar surface area (TPSA) is 112 Å². The number of aromatic nitrogens is 1. The second-order valence-electron chi connectivity index (χ2n) is 3.73. The summed E-state index contributed by atoms with van der Waals surface area (Å²) in [6.07, 6.45) is 0. The van der Waals surface area contributed by atoms with Crippen LogP contribution in [0.25, 0.3) is 0 Å². The van der Waals surface area contributed by atoms with Crippen LogP contribution < -0.4 is 10.6 Å². The van der Waals surface area contributed by atoms with Crippen LogP contribution in [0.2, 0.25) is 0 Å². The monoisotopic (exact) mass is 286 g/mol. The third kappa shape index (κ3) is 4.54. The first-order valence-corrected chi connectivity index (χ1v) is 6.22. The number of aromatic carboxylic acids is 1. The Hall–Kier alpha value is -2.16. The number of nitrogens with zero attached hydrogens (tertiary/aromatic N) is 2. The lowest BCUT2D eigenvalue weighted by atomic mass is 10.4. The first kappa shape index (κ1) is 14.9. The number of thiazole rings is 1. The van der Waals surface area contributed by atoms with Gasteiger partial charge in [-0.25, -0.2) is 14.6 Å². The Bertz CT molecular complexity index is 486. The number of rotatable bonds is 5. The molecule has 3 amide bonds. The van der Waals surface area contributed by atoms with E-state index in [1.807, 2.05) is 0 Å². The fraction of sp³-hybridized carbons (Fsp3) is 0.400. The zero-order valence-corrected chi connectivity index (χ0v) is 11.3. The minimum absolute atomic E-state index is 0.0568. The average Bonchev–Trinajstić information content (AvgIpc) is 2.83. The predicted octanol–water partition coefficient (Wildman–Crippen LogP) is -0.158. The van der Waals surface area contributed by atoms with Crippen molar-refractivity contribution in [1.29, 1.82) is 0 Å². The fourth-order valence-corrected chi connectivity index (χ4v) is 1.71. The molecule has 8 nitrogen and oxygen atoms in total. The Balaban J connectivity index is 2.35. The van der Waals surface area contributed by atoms with Crippen molar-refractivity contribution in [2.45, 2.75) is 0 Å². The largest absolute Gasteiger partial charge is 0.476 e. The first-order chi connectivity index (χ1) is 8.91. The van der Waals surface area contributed by atoms with E-state index in [1.165, 1.54) is 10.3 Å². The number of hydrogen-bond acceptors (Lipinski definition) is 5. The van der Waals surface area contributed by atoms with Gasteiger partial charge < -0.3 is 20.6 Å². The second kappa shape index (κ2) is 6.69. The molecule has 0 fully saturated rings. The van der Waals surface area contributed by atoms with Crippen LogP contribution >= 0.6 is 11.3 Å². The van der Waals surface area contributed by atoms with Crippen molar-refractivity contribution in [3.8, 4) is 0 Å². The number of carboxylic acids is 1. The van der Waals surface area contributed by atoms with Gasteiger partial charge in [0.1, 0.15) is 5.69 Å². The van der Waals surface area contributed by atoms with Gasteiger partial charge in [0.2, 0.25) is 5.01 Å². The molecule has 9 heteroatoms. The van der Waals surface area contributed by atoms with Crippen LogP contribution in [-0.2, 0) is 0 Å². The summed E-state index contributed by atoms with van der Waals surface area (Å²) >= 11 is 0.886. The minimum Gasteiger partial charge on any atom is -0.476 e. The molecule has 0 aromatic carbocycles. The molecule has 1 heterocycles. The van der Waals surface area contributed by atoms with E-state index in [2.05, 4.69) is 15.6 Å². The molecule has 0 unspecified atom stereocenters. The predicted molar refractivity (Wildman–Crippen MR) is 68.5 cm³/mol. The highest BCUT2D eigenvalue weighted by molar-refractivity contribution is 7.11. The van der Waals surface area contributed by atoms with Gasteiger partial charge in [-0.2, -0.15) is 0 Å². The average molecular weight is 286 g/mol. The van der Waals surface area contributed by atoms with Gasteiger partial charge in [0, 0.05) is 32.6 Å². The lowest BCUT2D eigenvalue weighted by Gasteiger charge is -2.11. The van der Waals surface area contributed by atoms with Gasteiger partial charge in [0.15, 0.2) is 0 Å². The lowest BCUT2D eigenvalue weighted by molar-refractivity contribution is 0.0696. The Morgan fingerprint density at radius 2 is 1.95 bits per heavy atom. The summed E-state index contributed by atoms with van der Waals surface area (Å²) in [5, 5.41) is 15.0. The van der Waals surface area contributed by atoms with Crippen LogP contribution in [0, 0.1) is 0 Å². The molecule has 0 bridgehead atoms. The lowest BCUT2D eigenvalue weighted by Crippen LogP contribution is -2.39. The molecule has 104 valence electrons. The number of amides is 3. The Morgan fingerprint density at radius 3 is 2.47 bits per heavy atom. The van der Waals surface area contributed by atoms with Crippen molar-refractivity contribution in [3.63, 3.8) is 0 Å². The van der Waals surface area contributed by atoms with E-state index in [9.17, 15) is 14.4 Å². The molecule has 19 heavy (non-hydrogen) atoms. The van der Waals surface area contributed by atoms with Crippen molar-refractivity contribution < 1.29 is 19.5 Å². The van der Waals surface area contributed by atoms with Crippen molar-refractivity contribution >= 4 is 29.2 Å². The van der Waals surface area contributed by atoms with Gasteiger partial charge in [-0.15, -0.1) is 11.3 Å². The number of hydrogen-bond donors (Lipinski definition) is 3. The maximum Gasteiger partial charge on any atom is 0.365 e. The third-order valence-corrected chi connectivity index (χ3v) is 2.84. The van der Waals surface area contributed by atoms with E-state index in [0.29, 0.717) is 0 Å². The molecule has 0 aliphatic rings. The highest BCUT2D eigenvalue weighted by Gasteiger charge is 2.14. The molecule has 1 aromatic rings. The highest BCUT2D eigenvalue weighted by Crippen LogP contribution is 2.09. The van der Waals surface area contributed by atoms with E-state index in [0.717, 1.165) is 11.3 Å². The number of nitrogens with one attached hydrogen (secondary N) is 2. The molecule has 1 rings (SSSR count).